The minimum atomic E-state index is -0.618. The van der Waals surface area contributed by atoms with E-state index < -0.39 is 11.6 Å². The van der Waals surface area contributed by atoms with Gasteiger partial charge in [0.2, 0.25) is 5.91 Å². The van der Waals surface area contributed by atoms with Crippen LogP contribution >= 0.6 is 0 Å². The number of halogens is 3. The maximum atomic E-state index is 14.3. The monoisotopic (exact) mass is 452 g/mol. The van der Waals surface area contributed by atoms with Crippen molar-refractivity contribution in [1.82, 2.24) is 10.2 Å². The van der Waals surface area contributed by atoms with Gasteiger partial charge < -0.3 is 5.32 Å². The lowest BCUT2D eigenvalue weighted by Crippen LogP contribution is -2.45. The standard InChI is InChI=1S/C27H27F3N2O/c1-18-3-2-4-19(11-18)14-31-27(33)23-12-22(20-5-8-24(28)9-6-20)16-32(17-23)15-21-7-10-25(29)13-26(21)30/h2-11,13,22-23H,12,14-17H2,1H3,(H,31,33). The van der Waals surface area contributed by atoms with Crippen molar-refractivity contribution in [2.24, 2.45) is 5.92 Å². The van der Waals surface area contributed by atoms with Gasteiger partial charge in [0.25, 0.3) is 0 Å². The molecule has 1 aliphatic heterocycles. The summed E-state index contributed by atoms with van der Waals surface area (Å²) in [5, 5.41) is 3.03. The number of nitrogens with zero attached hydrogens (tertiary/aromatic N) is 1. The summed E-state index contributed by atoms with van der Waals surface area (Å²) in [5.74, 6) is -1.90. The number of aryl methyl sites for hydroxylation is 1. The van der Waals surface area contributed by atoms with E-state index >= 15 is 0 Å². The van der Waals surface area contributed by atoms with E-state index in [1.807, 2.05) is 36.1 Å². The molecule has 1 saturated heterocycles. The van der Waals surface area contributed by atoms with Crippen LogP contribution < -0.4 is 5.32 Å². The lowest BCUT2D eigenvalue weighted by Gasteiger charge is -2.37. The third-order valence-electron chi connectivity index (χ3n) is 6.20. The number of likely N-dealkylation sites (tertiary alicyclic amines) is 1. The van der Waals surface area contributed by atoms with Crippen molar-refractivity contribution in [3.8, 4) is 0 Å². The first kappa shape index (κ1) is 23.1. The van der Waals surface area contributed by atoms with Crippen molar-refractivity contribution >= 4 is 5.91 Å². The van der Waals surface area contributed by atoms with Gasteiger partial charge in [-0.05, 0) is 48.6 Å². The van der Waals surface area contributed by atoms with E-state index in [1.165, 1.54) is 24.3 Å². The SMILES string of the molecule is Cc1cccc(CNC(=O)C2CC(c3ccc(F)cc3)CN(Cc3ccc(F)cc3F)C2)c1. The van der Waals surface area contributed by atoms with E-state index in [4.69, 9.17) is 0 Å². The molecule has 1 aliphatic rings. The fourth-order valence-corrected chi connectivity index (χ4v) is 4.53. The highest BCUT2D eigenvalue weighted by Crippen LogP contribution is 2.32. The van der Waals surface area contributed by atoms with E-state index in [9.17, 15) is 18.0 Å². The van der Waals surface area contributed by atoms with Crippen LogP contribution in [-0.4, -0.2) is 23.9 Å². The van der Waals surface area contributed by atoms with E-state index in [2.05, 4.69) is 5.32 Å². The molecule has 0 radical (unpaired) electrons. The second-order valence-electron chi connectivity index (χ2n) is 8.82. The summed E-state index contributed by atoms with van der Waals surface area (Å²) in [7, 11) is 0. The number of rotatable bonds is 6. The molecule has 3 aromatic carbocycles. The molecule has 0 aliphatic carbocycles. The Balaban J connectivity index is 1.50. The van der Waals surface area contributed by atoms with Gasteiger partial charge in [-0.1, -0.05) is 48.0 Å². The van der Waals surface area contributed by atoms with Gasteiger partial charge in [0.1, 0.15) is 17.5 Å². The highest BCUT2D eigenvalue weighted by Gasteiger charge is 2.32. The van der Waals surface area contributed by atoms with Gasteiger partial charge in [-0.2, -0.15) is 0 Å². The summed E-state index contributed by atoms with van der Waals surface area (Å²) in [6.45, 7) is 3.78. The summed E-state index contributed by atoms with van der Waals surface area (Å²) < 4.78 is 41.0. The van der Waals surface area contributed by atoms with E-state index in [1.54, 1.807) is 12.1 Å². The molecule has 0 saturated carbocycles. The maximum absolute atomic E-state index is 14.3. The number of benzene rings is 3. The Kier molecular flexibility index (Phi) is 7.14. The Hall–Kier alpha value is -3.12. The summed E-state index contributed by atoms with van der Waals surface area (Å²) in [5.41, 5.74) is 3.48. The summed E-state index contributed by atoms with van der Waals surface area (Å²) >= 11 is 0. The van der Waals surface area contributed by atoms with Crippen molar-refractivity contribution in [2.75, 3.05) is 13.1 Å². The molecule has 33 heavy (non-hydrogen) atoms. The van der Waals surface area contributed by atoms with Crippen molar-refractivity contribution < 1.29 is 18.0 Å². The molecule has 4 rings (SSSR count). The van der Waals surface area contributed by atoms with Crippen LogP contribution in [-0.2, 0) is 17.9 Å². The van der Waals surface area contributed by atoms with Gasteiger partial charge in [-0.15, -0.1) is 0 Å². The van der Waals surface area contributed by atoms with Crippen molar-refractivity contribution in [2.45, 2.75) is 32.4 Å². The lowest BCUT2D eigenvalue weighted by atomic mass is 9.83. The zero-order valence-electron chi connectivity index (χ0n) is 18.5. The van der Waals surface area contributed by atoms with E-state index in [-0.39, 0.29) is 30.1 Å². The lowest BCUT2D eigenvalue weighted by molar-refractivity contribution is -0.127. The number of carbonyl (C=O) groups excluding carboxylic acids is 1. The van der Waals surface area contributed by atoms with E-state index in [0.717, 1.165) is 22.8 Å². The first-order chi connectivity index (χ1) is 15.9. The number of hydrogen-bond donors (Lipinski definition) is 1. The molecule has 3 aromatic rings. The summed E-state index contributed by atoms with van der Waals surface area (Å²) in [6, 6.07) is 17.8. The van der Waals surface area contributed by atoms with Crippen LogP contribution in [0.15, 0.2) is 66.7 Å². The smallest absolute Gasteiger partial charge is 0.224 e. The summed E-state index contributed by atoms with van der Waals surface area (Å²) in [6.07, 6.45) is 0.619. The topological polar surface area (TPSA) is 32.3 Å². The molecule has 2 atom stereocenters. The van der Waals surface area contributed by atoms with Gasteiger partial charge in [0.05, 0.1) is 5.92 Å². The second-order valence-corrected chi connectivity index (χ2v) is 8.82. The number of carbonyl (C=O) groups is 1. The fourth-order valence-electron chi connectivity index (χ4n) is 4.53. The molecule has 1 heterocycles. The average Bonchev–Trinajstić information content (AvgIpc) is 2.80. The Labute approximate surface area is 192 Å². The van der Waals surface area contributed by atoms with Crippen molar-refractivity contribution in [3.05, 3.63) is 106 Å². The number of amides is 1. The first-order valence-electron chi connectivity index (χ1n) is 11.1. The second kappa shape index (κ2) is 10.2. The molecule has 2 unspecified atom stereocenters. The predicted molar refractivity (Wildman–Crippen MR) is 122 cm³/mol. The molecule has 172 valence electrons. The molecule has 3 nitrogen and oxygen atoms in total. The zero-order chi connectivity index (χ0) is 23.4. The molecule has 1 N–H and O–H groups in total. The van der Waals surface area contributed by atoms with Crippen LogP contribution in [0.2, 0.25) is 0 Å². The van der Waals surface area contributed by atoms with Crippen LogP contribution in [0.1, 0.15) is 34.6 Å². The van der Waals surface area contributed by atoms with Gasteiger partial charge in [-0.25, -0.2) is 13.2 Å². The Morgan fingerprint density at radius 3 is 2.45 bits per heavy atom. The normalized spacial score (nSPS) is 18.8. The summed E-state index contributed by atoms with van der Waals surface area (Å²) in [4.78, 5) is 15.1. The largest absolute Gasteiger partial charge is 0.352 e. The van der Waals surface area contributed by atoms with Crippen LogP contribution in [0.3, 0.4) is 0 Å². The predicted octanol–water partition coefficient (Wildman–Crippen LogP) is 5.33. The molecule has 1 amide bonds. The van der Waals surface area contributed by atoms with Gasteiger partial charge in [-0.3, -0.25) is 9.69 Å². The molecule has 0 aromatic heterocycles. The van der Waals surface area contributed by atoms with Crippen LogP contribution in [0.4, 0.5) is 13.2 Å². The average molecular weight is 453 g/mol. The van der Waals surface area contributed by atoms with Crippen molar-refractivity contribution in [3.63, 3.8) is 0 Å². The molecular weight excluding hydrogens is 425 g/mol. The van der Waals surface area contributed by atoms with Crippen LogP contribution in [0.5, 0.6) is 0 Å². The van der Waals surface area contributed by atoms with Crippen LogP contribution in [0, 0.1) is 30.3 Å². The maximum Gasteiger partial charge on any atom is 0.224 e. The van der Waals surface area contributed by atoms with Gasteiger partial charge in [0.15, 0.2) is 0 Å². The number of hydrogen-bond acceptors (Lipinski definition) is 2. The fraction of sp³-hybridized carbons (Fsp3) is 0.296. The number of nitrogens with one attached hydrogen (secondary N) is 1. The Bertz CT molecular complexity index is 1120. The Morgan fingerprint density at radius 1 is 0.970 bits per heavy atom. The first-order valence-corrected chi connectivity index (χ1v) is 11.1. The minimum Gasteiger partial charge on any atom is -0.352 e. The third-order valence-corrected chi connectivity index (χ3v) is 6.20. The van der Waals surface area contributed by atoms with E-state index in [0.29, 0.717) is 31.6 Å². The zero-order valence-corrected chi connectivity index (χ0v) is 18.5. The van der Waals surface area contributed by atoms with Crippen molar-refractivity contribution in [1.29, 1.82) is 0 Å². The third kappa shape index (κ3) is 6.02. The highest BCUT2D eigenvalue weighted by molar-refractivity contribution is 5.79. The minimum absolute atomic E-state index is 0.00224. The highest BCUT2D eigenvalue weighted by atomic mass is 19.1. The van der Waals surface area contributed by atoms with Crippen LogP contribution in [0.25, 0.3) is 0 Å². The number of piperidine rings is 1. The molecule has 0 spiro atoms. The Morgan fingerprint density at radius 2 is 1.73 bits per heavy atom. The molecule has 1 fully saturated rings. The van der Waals surface area contributed by atoms with Gasteiger partial charge >= 0.3 is 0 Å². The molecular formula is C27H27F3N2O. The molecule has 0 bridgehead atoms. The van der Waals surface area contributed by atoms with Gasteiger partial charge in [0, 0.05) is 37.8 Å². The molecule has 6 heteroatoms. The quantitative estimate of drug-likeness (QED) is 0.548.